The van der Waals surface area contributed by atoms with Gasteiger partial charge in [-0.2, -0.15) is 5.10 Å². The minimum atomic E-state index is -0.427. The lowest BCUT2D eigenvalue weighted by atomic mass is 10.2. The van der Waals surface area contributed by atoms with Crippen molar-refractivity contribution in [2.75, 3.05) is 7.11 Å². The maximum Gasteiger partial charge on any atom is 0.328 e. The van der Waals surface area contributed by atoms with E-state index in [1.54, 1.807) is 6.92 Å². The molecule has 2 aromatic rings. The maximum absolute atomic E-state index is 11.8. The van der Waals surface area contributed by atoms with Crippen LogP contribution in [0.1, 0.15) is 17.2 Å². The molecule has 0 fully saturated rings. The van der Waals surface area contributed by atoms with E-state index in [0.717, 1.165) is 5.56 Å². The zero-order valence-corrected chi connectivity index (χ0v) is 12.5. The van der Waals surface area contributed by atoms with E-state index < -0.39 is 11.9 Å². The van der Waals surface area contributed by atoms with Gasteiger partial charge in [-0.3, -0.25) is 9.59 Å². The second-order valence-electron chi connectivity index (χ2n) is 4.63. The van der Waals surface area contributed by atoms with Crippen LogP contribution in [0.5, 0.6) is 0 Å². The van der Waals surface area contributed by atoms with E-state index >= 15 is 0 Å². The molecule has 0 saturated carbocycles. The highest BCUT2D eigenvalue weighted by Crippen LogP contribution is 2.03. The highest BCUT2D eigenvalue weighted by Gasteiger charge is 2.13. The molecule has 0 unspecified atom stereocenters. The summed E-state index contributed by atoms with van der Waals surface area (Å²) in [5.74, 6) is 0.0149. The topological polar surface area (TPSA) is 83.3 Å². The van der Waals surface area contributed by atoms with Crippen LogP contribution in [-0.4, -0.2) is 33.8 Å². The van der Waals surface area contributed by atoms with E-state index in [2.05, 4.69) is 14.8 Å². The van der Waals surface area contributed by atoms with Gasteiger partial charge in [0.1, 0.15) is 25.4 Å². The molecule has 0 bridgehead atoms. The van der Waals surface area contributed by atoms with Gasteiger partial charge in [0.15, 0.2) is 5.82 Å². The van der Waals surface area contributed by atoms with Crippen molar-refractivity contribution in [1.29, 1.82) is 0 Å². The molecule has 1 aromatic heterocycles. The summed E-state index contributed by atoms with van der Waals surface area (Å²) in [6.07, 6.45) is -0.0244. The summed E-state index contributed by atoms with van der Waals surface area (Å²) in [6.45, 7) is 1.87. The van der Waals surface area contributed by atoms with E-state index in [-0.39, 0.29) is 19.6 Å². The van der Waals surface area contributed by atoms with Crippen LogP contribution < -0.4 is 0 Å². The first-order chi connectivity index (χ1) is 10.6. The molecule has 1 aromatic carbocycles. The minimum absolute atomic E-state index is 0.0244. The first-order valence-corrected chi connectivity index (χ1v) is 6.75. The van der Waals surface area contributed by atoms with Crippen LogP contribution in [0.3, 0.4) is 0 Å². The average Bonchev–Trinajstić information content (AvgIpc) is 2.85. The summed E-state index contributed by atoms with van der Waals surface area (Å²) in [6, 6.07) is 9.41. The van der Waals surface area contributed by atoms with Crippen LogP contribution in [0.15, 0.2) is 30.3 Å². The van der Waals surface area contributed by atoms with Crippen molar-refractivity contribution in [2.45, 2.75) is 26.5 Å². The van der Waals surface area contributed by atoms with Crippen molar-refractivity contribution in [3.63, 3.8) is 0 Å². The first kappa shape index (κ1) is 15.7. The average molecular weight is 303 g/mol. The van der Waals surface area contributed by atoms with Gasteiger partial charge in [-0.1, -0.05) is 30.3 Å². The lowest BCUT2D eigenvalue weighted by molar-refractivity contribution is -0.146. The monoisotopic (exact) mass is 303 g/mol. The number of rotatable bonds is 6. The number of hydrogen-bond donors (Lipinski definition) is 0. The second-order valence-corrected chi connectivity index (χ2v) is 4.63. The van der Waals surface area contributed by atoms with Crippen molar-refractivity contribution < 1.29 is 19.1 Å². The Morgan fingerprint density at radius 3 is 2.59 bits per heavy atom. The second kappa shape index (κ2) is 7.35. The van der Waals surface area contributed by atoms with Gasteiger partial charge in [-0.15, -0.1) is 0 Å². The molecule has 0 aliphatic rings. The normalized spacial score (nSPS) is 10.3. The molecule has 7 nitrogen and oxygen atoms in total. The van der Waals surface area contributed by atoms with Gasteiger partial charge in [0, 0.05) is 0 Å². The number of carbonyl (C=O) groups is 2. The third kappa shape index (κ3) is 4.41. The minimum Gasteiger partial charge on any atom is -0.469 e. The number of aromatic nitrogens is 3. The predicted molar refractivity (Wildman–Crippen MR) is 76.7 cm³/mol. The number of hydrogen-bond acceptors (Lipinski definition) is 6. The molecule has 0 N–H and O–H groups in total. The van der Waals surface area contributed by atoms with Crippen LogP contribution in [0.25, 0.3) is 0 Å². The molecule has 0 atom stereocenters. The van der Waals surface area contributed by atoms with E-state index in [4.69, 9.17) is 4.74 Å². The van der Waals surface area contributed by atoms with Gasteiger partial charge in [0.2, 0.25) is 0 Å². The molecule has 22 heavy (non-hydrogen) atoms. The highest BCUT2D eigenvalue weighted by molar-refractivity contribution is 5.71. The standard InChI is InChI=1S/C15H17N3O4/c1-11-16-13(8-14(19)21-2)17-18(11)9-15(20)22-10-12-6-4-3-5-7-12/h3-7H,8-10H2,1-2H3. The Hall–Kier alpha value is -2.70. The quantitative estimate of drug-likeness (QED) is 0.742. The lowest BCUT2D eigenvalue weighted by Crippen LogP contribution is -2.16. The van der Waals surface area contributed by atoms with Crippen molar-refractivity contribution in [1.82, 2.24) is 14.8 Å². The predicted octanol–water partition coefficient (Wildman–Crippen LogP) is 1.05. The largest absolute Gasteiger partial charge is 0.469 e. The van der Waals surface area contributed by atoms with Crippen LogP contribution >= 0.6 is 0 Å². The zero-order valence-electron chi connectivity index (χ0n) is 12.5. The van der Waals surface area contributed by atoms with Crippen LogP contribution in [-0.2, 0) is 38.6 Å². The Morgan fingerprint density at radius 2 is 1.91 bits per heavy atom. The summed E-state index contributed by atoms with van der Waals surface area (Å²) in [5, 5.41) is 4.10. The molecule has 7 heteroatoms. The third-order valence-corrected chi connectivity index (χ3v) is 2.95. The number of esters is 2. The zero-order chi connectivity index (χ0) is 15.9. The summed E-state index contributed by atoms with van der Waals surface area (Å²) in [7, 11) is 1.30. The highest BCUT2D eigenvalue weighted by atomic mass is 16.5. The van der Waals surface area contributed by atoms with Crippen molar-refractivity contribution >= 4 is 11.9 Å². The molecule has 0 radical (unpaired) electrons. The number of nitrogens with zero attached hydrogens (tertiary/aromatic N) is 3. The van der Waals surface area contributed by atoms with Crippen molar-refractivity contribution in [3.8, 4) is 0 Å². The summed E-state index contributed by atoms with van der Waals surface area (Å²) in [4.78, 5) is 27.1. The number of carbonyl (C=O) groups excluding carboxylic acids is 2. The molecule has 0 aliphatic carbocycles. The first-order valence-electron chi connectivity index (χ1n) is 6.75. The molecule has 1 heterocycles. The summed E-state index contributed by atoms with van der Waals surface area (Å²) < 4.78 is 11.1. The fourth-order valence-electron chi connectivity index (χ4n) is 1.81. The fraction of sp³-hybridized carbons (Fsp3) is 0.333. The van der Waals surface area contributed by atoms with E-state index in [1.807, 2.05) is 30.3 Å². The smallest absolute Gasteiger partial charge is 0.328 e. The van der Waals surface area contributed by atoms with Crippen LogP contribution in [0.4, 0.5) is 0 Å². The third-order valence-electron chi connectivity index (χ3n) is 2.95. The number of aryl methyl sites for hydroxylation is 1. The molecule has 0 amide bonds. The Bertz CT molecular complexity index is 652. The van der Waals surface area contributed by atoms with Gasteiger partial charge >= 0.3 is 11.9 Å². The molecule has 0 aliphatic heterocycles. The molecule has 0 spiro atoms. The van der Waals surface area contributed by atoms with Gasteiger partial charge < -0.3 is 9.47 Å². The van der Waals surface area contributed by atoms with Crippen molar-refractivity contribution in [2.24, 2.45) is 0 Å². The Morgan fingerprint density at radius 1 is 1.18 bits per heavy atom. The fourth-order valence-corrected chi connectivity index (χ4v) is 1.81. The SMILES string of the molecule is COC(=O)Cc1nc(C)n(CC(=O)OCc2ccccc2)n1. The van der Waals surface area contributed by atoms with E-state index in [1.165, 1.54) is 11.8 Å². The Kier molecular flexibility index (Phi) is 5.24. The Balaban J connectivity index is 1.90. The van der Waals surface area contributed by atoms with Crippen LogP contribution in [0, 0.1) is 6.92 Å². The van der Waals surface area contributed by atoms with Gasteiger partial charge in [0.25, 0.3) is 0 Å². The van der Waals surface area contributed by atoms with Gasteiger partial charge in [-0.05, 0) is 12.5 Å². The van der Waals surface area contributed by atoms with Crippen LogP contribution in [0.2, 0.25) is 0 Å². The van der Waals surface area contributed by atoms with Gasteiger partial charge in [0.05, 0.1) is 7.11 Å². The Labute approximate surface area is 127 Å². The molecule has 0 saturated heterocycles. The maximum atomic E-state index is 11.8. The summed E-state index contributed by atoms with van der Waals surface area (Å²) >= 11 is 0. The van der Waals surface area contributed by atoms with Gasteiger partial charge in [-0.25, -0.2) is 9.67 Å². The number of benzene rings is 1. The molecule has 116 valence electrons. The van der Waals surface area contributed by atoms with Crippen molar-refractivity contribution in [3.05, 3.63) is 47.5 Å². The lowest BCUT2D eigenvalue weighted by Gasteiger charge is -2.05. The molecular formula is C15H17N3O4. The summed E-state index contributed by atoms with van der Waals surface area (Å²) in [5.41, 5.74) is 0.914. The number of methoxy groups -OCH3 is 1. The number of ether oxygens (including phenoxy) is 2. The van der Waals surface area contributed by atoms with E-state index in [0.29, 0.717) is 11.6 Å². The molecule has 2 rings (SSSR count). The van der Waals surface area contributed by atoms with E-state index in [9.17, 15) is 9.59 Å². The molecular weight excluding hydrogens is 286 g/mol.